The highest BCUT2D eigenvalue weighted by Gasteiger charge is 2.19. The Morgan fingerprint density at radius 2 is 1.75 bits per heavy atom. The second-order valence-electron chi connectivity index (χ2n) is 3.68. The molecule has 12 heavy (non-hydrogen) atoms. The molecule has 0 saturated carbocycles. The van der Waals surface area contributed by atoms with Gasteiger partial charge in [-0.1, -0.05) is 20.3 Å². The number of nitrogens with zero attached hydrogens (tertiary/aromatic N) is 1. The molecule has 0 aliphatic carbocycles. The van der Waals surface area contributed by atoms with Gasteiger partial charge in [-0.2, -0.15) is 0 Å². The van der Waals surface area contributed by atoms with Gasteiger partial charge in [0.25, 0.3) is 0 Å². The third-order valence-corrected chi connectivity index (χ3v) is 2.52. The van der Waals surface area contributed by atoms with Crippen LogP contribution in [0.5, 0.6) is 0 Å². The summed E-state index contributed by atoms with van der Waals surface area (Å²) in [5.74, 6) is 0. The molecule has 74 valence electrons. The molecule has 1 aliphatic rings. The quantitative estimate of drug-likeness (QED) is 0.585. The maximum Gasteiger partial charge on any atom is 0.00696 e. The molecule has 1 saturated heterocycles. The summed E-state index contributed by atoms with van der Waals surface area (Å²) in [7, 11) is 0. The maximum atomic E-state index is 2.60. The molecule has 0 spiro atoms. The summed E-state index contributed by atoms with van der Waals surface area (Å²) < 4.78 is 0. The Hall–Kier alpha value is -0.0400. The molecule has 0 aromatic heterocycles. The van der Waals surface area contributed by atoms with Gasteiger partial charge < -0.3 is 0 Å². The lowest BCUT2D eigenvalue weighted by molar-refractivity contribution is 0.123. The van der Waals surface area contributed by atoms with E-state index in [1.807, 2.05) is 13.8 Å². The predicted octanol–water partition coefficient (Wildman–Crippen LogP) is 3.30. The zero-order valence-corrected chi connectivity index (χ0v) is 9.43. The Labute approximate surface area is 78.1 Å². The van der Waals surface area contributed by atoms with Crippen LogP contribution in [0, 0.1) is 0 Å². The van der Waals surface area contributed by atoms with E-state index in [1.54, 1.807) is 0 Å². The van der Waals surface area contributed by atoms with Crippen molar-refractivity contribution in [3.8, 4) is 0 Å². The van der Waals surface area contributed by atoms with Crippen molar-refractivity contribution in [2.45, 2.75) is 66.0 Å². The van der Waals surface area contributed by atoms with Crippen LogP contribution in [-0.2, 0) is 0 Å². The first kappa shape index (κ1) is 12.0. The number of likely N-dealkylation sites (tertiary alicyclic amines) is 1. The van der Waals surface area contributed by atoms with Crippen LogP contribution in [0.15, 0.2) is 0 Å². The van der Waals surface area contributed by atoms with E-state index in [-0.39, 0.29) is 0 Å². The molecule has 0 aromatic rings. The lowest BCUT2D eigenvalue weighted by Crippen LogP contribution is -2.41. The van der Waals surface area contributed by atoms with Crippen molar-refractivity contribution in [3.63, 3.8) is 0 Å². The Morgan fingerprint density at radius 3 is 2.08 bits per heavy atom. The van der Waals surface area contributed by atoms with E-state index in [9.17, 15) is 0 Å². The smallest absolute Gasteiger partial charge is 0.00696 e. The fourth-order valence-electron chi connectivity index (χ4n) is 1.89. The van der Waals surface area contributed by atoms with Gasteiger partial charge in [0.2, 0.25) is 0 Å². The van der Waals surface area contributed by atoms with Gasteiger partial charge in [-0.15, -0.1) is 0 Å². The third-order valence-electron chi connectivity index (χ3n) is 2.52. The molecule has 1 atom stereocenters. The highest BCUT2D eigenvalue weighted by atomic mass is 15.2. The zero-order chi connectivity index (χ0) is 9.56. The standard InChI is InChI=1S/C9H19N.C2H6/c1-8(2)10-7-5-4-6-9(10)3;1-2/h8-9H,4-7H2,1-3H3;1-2H3. The molecule has 1 aliphatic heterocycles. The minimum atomic E-state index is 0.746. The lowest BCUT2D eigenvalue weighted by atomic mass is 10.0. The van der Waals surface area contributed by atoms with Crippen LogP contribution < -0.4 is 0 Å². The largest absolute Gasteiger partial charge is 0.298 e. The van der Waals surface area contributed by atoms with E-state index in [1.165, 1.54) is 25.8 Å². The molecule has 0 N–H and O–H groups in total. The summed E-state index contributed by atoms with van der Waals surface area (Å²) in [6, 6.07) is 1.57. The normalized spacial score (nSPS) is 25.0. The van der Waals surface area contributed by atoms with Crippen LogP contribution in [0.25, 0.3) is 0 Å². The van der Waals surface area contributed by atoms with Crippen LogP contribution in [0.1, 0.15) is 53.9 Å². The zero-order valence-electron chi connectivity index (χ0n) is 9.43. The first-order valence-electron chi connectivity index (χ1n) is 5.47. The van der Waals surface area contributed by atoms with Crippen LogP contribution in [0.4, 0.5) is 0 Å². The second-order valence-corrected chi connectivity index (χ2v) is 3.68. The fourth-order valence-corrected chi connectivity index (χ4v) is 1.89. The van der Waals surface area contributed by atoms with Gasteiger partial charge in [0.05, 0.1) is 0 Å². The molecular formula is C11H25N. The van der Waals surface area contributed by atoms with Gasteiger partial charge in [0.15, 0.2) is 0 Å². The van der Waals surface area contributed by atoms with E-state index in [0.29, 0.717) is 0 Å². The topological polar surface area (TPSA) is 3.24 Å². The first-order valence-corrected chi connectivity index (χ1v) is 5.47. The minimum Gasteiger partial charge on any atom is -0.298 e. The van der Waals surface area contributed by atoms with E-state index in [4.69, 9.17) is 0 Å². The third kappa shape index (κ3) is 3.57. The van der Waals surface area contributed by atoms with E-state index in [2.05, 4.69) is 25.7 Å². The van der Waals surface area contributed by atoms with Crippen LogP contribution >= 0.6 is 0 Å². The van der Waals surface area contributed by atoms with Crippen molar-refractivity contribution in [2.75, 3.05) is 6.54 Å². The van der Waals surface area contributed by atoms with Crippen LogP contribution in [0.2, 0.25) is 0 Å². The Balaban J connectivity index is 0.000000561. The molecule has 1 unspecified atom stereocenters. The Bertz CT molecular complexity index is 99.2. The van der Waals surface area contributed by atoms with Gasteiger partial charge in [-0.3, -0.25) is 4.90 Å². The Kier molecular flexibility index (Phi) is 6.45. The van der Waals surface area contributed by atoms with Crippen molar-refractivity contribution >= 4 is 0 Å². The van der Waals surface area contributed by atoms with Gasteiger partial charge >= 0.3 is 0 Å². The summed E-state index contributed by atoms with van der Waals surface area (Å²) in [4.78, 5) is 2.60. The highest BCUT2D eigenvalue weighted by Crippen LogP contribution is 2.18. The molecule has 1 heteroatoms. The maximum absolute atomic E-state index is 2.60. The van der Waals surface area contributed by atoms with Gasteiger partial charge in [-0.05, 0) is 40.2 Å². The van der Waals surface area contributed by atoms with Crippen LogP contribution in [-0.4, -0.2) is 23.5 Å². The number of hydrogen-bond acceptors (Lipinski definition) is 1. The summed E-state index contributed by atoms with van der Waals surface area (Å²) in [5.41, 5.74) is 0. The van der Waals surface area contributed by atoms with Gasteiger partial charge in [-0.25, -0.2) is 0 Å². The monoisotopic (exact) mass is 171 g/mol. The predicted molar refractivity (Wildman–Crippen MR) is 56.5 cm³/mol. The summed E-state index contributed by atoms with van der Waals surface area (Å²) >= 11 is 0. The fraction of sp³-hybridized carbons (Fsp3) is 1.00. The van der Waals surface area contributed by atoms with Gasteiger partial charge in [0.1, 0.15) is 0 Å². The van der Waals surface area contributed by atoms with Crippen molar-refractivity contribution in [2.24, 2.45) is 0 Å². The van der Waals surface area contributed by atoms with E-state index in [0.717, 1.165) is 12.1 Å². The number of rotatable bonds is 1. The van der Waals surface area contributed by atoms with Crippen molar-refractivity contribution in [1.29, 1.82) is 0 Å². The number of piperidine rings is 1. The number of hydrogen-bond donors (Lipinski definition) is 0. The average Bonchev–Trinajstić information content (AvgIpc) is 2.08. The molecule has 0 bridgehead atoms. The summed E-state index contributed by atoms with van der Waals surface area (Å²) in [5, 5.41) is 0. The molecule has 0 amide bonds. The van der Waals surface area contributed by atoms with Crippen molar-refractivity contribution in [3.05, 3.63) is 0 Å². The highest BCUT2D eigenvalue weighted by molar-refractivity contribution is 4.75. The summed E-state index contributed by atoms with van der Waals surface area (Å²) in [6.07, 6.45) is 4.24. The average molecular weight is 171 g/mol. The molecule has 1 heterocycles. The van der Waals surface area contributed by atoms with E-state index < -0.39 is 0 Å². The van der Waals surface area contributed by atoms with Crippen LogP contribution in [0.3, 0.4) is 0 Å². The van der Waals surface area contributed by atoms with E-state index >= 15 is 0 Å². The SMILES string of the molecule is CC.CC(C)N1CCCCC1C. The van der Waals surface area contributed by atoms with Crippen molar-refractivity contribution in [1.82, 2.24) is 4.90 Å². The lowest BCUT2D eigenvalue weighted by Gasteiger charge is -2.36. The second kappa shape index (κ2) is 6.47. The minimum absolute atomic E-state index is 0.746. The summed E-state index contributed by atoms with van der Waals surface area (Å²) in [6.45, 7) is 12.3. The van der Waals surface area contributed by atoms with Crippen molar-refractivity contribution < 1.29 is 0 Å². The molecule has 1 nitrogen and oxygen atoms in total. The Morgan fingerprint density at radius 1 is 1.17 bits per heavy atom. The van der Waals surface area contributed by atoms with Gasteiger partial charge in [0, 0.05) is 12.1 Å². The molecule has 0 aromatic carbocycles. The molecule has 1 fully saturated rings. The molecular weight excluding hydrogens is 146 g/mol. The first-order chi connectivity index (χ1) is 5.72. The molecule has 0 radical (unpaired) electrons. The molecule has 1 rings (SSSR count).